The lowest BCUT2D eigenvalue weighted by molar-refractivity contribution is 0.0996. The monoisotopic (exact) mass is 419 g/mol. The van der Waals surface area contributed by atoms with E-state index in [1.54, 1.807) is 0 Å². The number of rotatable bonds is 3. The van der Waals surface area contributed by atoms with Gasteiger partial charge in [0.2, 0.25) is 5.91 Å². The van der Waals surface area contributed by atoms with Crippen molar-refractivity contribution in [3.05, 3.63) is 63.2 Å². The largest absolute Gasteiger partial charge is 0.317 e. The van der Waals surface area contributed by atoms with Gasteiger partial charge in [-0.15, -0.1) is 0 Å². The molecule has 1 fully saturated rings. The number of hydrogen-bond donors (Lipinski definition) is 1. The van der Waals surface area contributed by atoms with Crippen LogP contribution in [0.5, 0.6) is 0 Å². The van der Waals surface area contributed by atoms with Crippen molar-refractivity contribution >= 4 is 5.91 Å². The van der Waals surface area contributed by atoms with Gasteiger partial charge in [0.1, 0.15) is 0 Å². The number of azide groups is 1. The van der Waals surface area contributed by atoms with Crippen LogP contribution in [0.1, 0.15) is 87.5 Å². The van der Waals surface area contributed by atoms with Crippen molar-refractivity contribution in [1.29, 1.82) is 0 Å². The van der Waals surface area contributed by atoms with E-state index in [0.717, 1.165) is 54.0 Å². The normalized spacial score (nSPS) is 15.4. The van der Waals surface area contributed by atoms with Crippen molar-refractivity contribution in [2.24, 2.45) is 5.11 Å². The van der Waals surface area contributed by atoms with Crippen molar-refractivity contribution in [2.45, 2.75) is 71.1 Å². The Labute approximate surface area is 185 Å². The van der Waals surface area contributed by atoms with Crippen LogP contribution in [-0.4, -0.2) is 24.0 Å². The molecule has 0 atom stereocenters. The standard InChI is InChI=1S/C25H33N5O/c1-24(2,3)18-14-17(15-19(25(4,5)6)22(18)23(31)29-30-26)21-9-7-8-20(28-21)16-10-12-27-13-11-16/h7-9,14-16,27H,10-13H2,1-6H3. The van der Waals surface area contributed by atoms with E-state index in [1.165, 1.54) is 0 Å². The molecule has 1 N–H and O–H groups in total. The first-order valence-electron chi connectivity index (χ1n) is 11.0. The highest BCUT2D eigenvalue weighted by Gasteiger charge is 2.30. The summed E-state index contributed by atoms with van der Waals surface area (Å²) in [5, 5.41) is 6.85. The smallest absolute Gasteiger partial charge is 0.249 e. The molecule has 1 saturated heterocycles. The zero-order valence-electron chi connectivity index (χ0n) is 19.5. The van der Waals surface area contributed by atoms with Crippen LogP contribution in [0.3, 0.4) is 0 Å². The predicted octanol–water partition coefficient (Wildman–Crippen LogP) is 6.26. The molecule has 0 bridgehead atoms. The van der Waals surface area contributed by atoms with E-state index in [9.17, 15) is 4.79 Å². The molecule has 0 radical (unpaired) electrons. The number of carbonyl (C=O) groups is 1. The van der Waals surface area contributed by atoms with Gasteiger partial charge >= 0.3 is 0 Å². The molecule has 31 heavy (non-hydrogen) atoms. The third-order valence-electron chi connectivity index (χ3n) is 5.93. The Balaban J connectivity index is 2.22. The zero-order valence-corrected chi connectivity index (χ0v) is 19.5. The Morgan fingerprint density at radius 3 is 2.16 bits per heavy atom. The van der Waals surface area contributed by atoms with Gasteiger partial charge in [0.15, 0.2) is 0 Å². The molecule has 0 saturated carbocycles. The second kappa shape index (κ2) is 8.81. The van der Waals surface area contributed by atoms with Crippen LogP contribution in [0, 0.1) is 0 Å². The van der Waals surface area contributed by atoms with Gasteiger partial charge in [-0.2, -0.15) is 0 Å². The summed E-state index contributed by atoms with van der Waals surface area (Å²) in [6, 6.07) is 10.3. The summed E-state index contributed by atoms with van der Waals surface area (Å²) in [7, 11) is 0. The highest BCUT2D eigenvalue weighted by Crippen LogP contribution is 2.38. The molecule has 0 aliphatic carbocycles. The van der Waals surface area contributed by atoms with Gasteiger partial charge in [-0.1, -0.05) is 47.6 Å². The lowest BCUT2D eigenvalue weighted by atomic mass is 9.74. The van der Waals surface area contributed by atoms with Crippen molar-refractivity contribution in [3.8, 4) is 11.3 Å². The van der Waals surface area contributed by atoms with Gasteiger partial charge < -0.3 is 5.32 Å². The fourth-order valence-corrected chi connectivity index (χ4v) is 4.25. The second-order valence-corrected chi connectivity index (χ2v) is 10.4. The molecule has 6 heteroatoms. The van der Waals surface area contributed by atoms with Crippen LogP contribution < -0.4 is 5.32 Å². The van der Waals surface area contributed by atoms with Gasteiger partial charge in [-0.05, 0) is 82.8 Å². The summed E-state index contributed by atoms with van der Waals surface area (Å²) < 4.78 is 0. The quantitative estimate of drug-likeness (QED) is 0.361. The first-order valence-corrected chi connectivity index (χ1v) is 11.0. The summed E-state index contributed by atoms with van der Waals surface area (Å²) in [4.78, 5) is 20.6. The minimum atomic E-state index is -0.527. The van der Waals surface area contributed by atoms with Crippen molar-refractivity contribution in [2.75, 3.05) is 13.1 Å². The predicted molar refractivity (Wildman–Crippen MR) is 125 cm³/mol. The van der Waals surface area contributed by atoms with E-state index in [1.807, 2.05) is 18.2 Å². The Bertz CT molecular complexity index is 982. The van der Waals surface area contributed by atoms with Crippen molar-refractivity contribution in [3.63, 3.8) is 0 Å². The van der Waals surface area contributed by atoms with Gasteiger partial charge in [0, 0.05) is 27.7 Å². The fourth-order valence-electron chi connectivity index (χ4n) is 4.25. The summed E-state index contributed by atoms with van der Waals surface area (Å²) in [5.74, 6) is -0.0588. The summed E-state index contributed by atoms with van der Waals surface area (Å²) in [6.45, 7) is 14.5. The number of aromatic nitrogens is 1. The van der Waals surface area contributed by atoms with E-state index in [4.69, 9.17) is 10.5 Å². The number of pyridine rings is 1. The average Bonchev–Trinajstić information content (AvgIpc) is 2.72. The Morgan fingerprint density at radius 2 is 1.65 bits per heavy atom. The zero-order chi connectivity index (χ0) is 22.8. The van der Waals surface area contributed by atoms with E-state index in [-0.39, 0.29) is 10.8 Å². The number of hydrogen-bond acceptors (Lipinski definition) is 3. The van der Waals surface area contributed by atoms with Crippen LogP contribution in [-0.2, 0) is 10.8 Å². The Morgan fingerprint density at radius 1 is 1.06 bits per heavy atom. The van der Waals surface area contributed by atoms with Crippen LogP contribution in [0.2, 0.25) is 0 Å². The number of carbonyl (C=O) groups excluding carboxylic acids is 1. The van der Waals surface area contributed by atoms with E-state index >= 15 is 0 Å². The molecule has 1 amide bonds. The van der Waals surface area contributed by atoms with Gasteiger partial charge in [0.05, 0.1) is 5.69 Å². The number of nitrogens with one attached hydrogen (secondary N) is 1. The molecule has 1 aliphatic rings. The molecule has 2 aromatic rings. The van der Waals surface area contributed by atoms with E-state index in [0.29, 0.717) is 11.5 Å². The Kier molecular flexibility index (Phi) is 6.54. The number of piperidine rings is 1. The maximum Gasteiger partial charge on any atom is 0.249 e. The average molecular weight is 420 g/mol. The minimum Gasteiger partial charge on any atom is -0.317 e. The molecule has 6 nitrogen and oxygen atoms in total. The highest BCUT2D eigenvalue weighted by atomic mass is 16.1. The molecule has 2 heterocycles. The molecule has 3 rings (SSSR count). The van der Waals surface area contributed by atoms with Crippen molar-refractivity contribution < 1.29 is 4.79 Å². The maximum absolute atomic E-state index is 12.8. The lowest BCUT2D eigenvalue weighted by Crippen LogP contribution is -2.27. The Hall–Kier alpha value is -2.69. The number of nitrogens with zero attached hydrogens (tertiary/aromatic N) is 4. The third kappa shape index (κ3) is 5.15. The first-order chi connectivity index (χ1) is 14.5. The molecule has 0 unspecified atom stereocenters. The van der Waals surface area contributed by atoms with E-state index < -0.39 is 5.91 Å². The van der Waals surface area contributed by atoms with Crippen LogP contribution in [0.15, 0.2) is 35.4 Å². The van der Waals surface area contributed by atoms with Gasteiger partial charge in [0.25, 0.3) is 0 Å². The molecular formula is C25H33N5O. The second-order valence-electron chi connectivity index (χ2n) is 10.4. The molecule has 1 aromatic carbocycles. The van der Waals surface area contributed by atoms with Crippen LogP contribution in [0.25, 0.3) is 21.7 Å². The molecule has 164 valence electrons. The summed E-state index contributed by atoms with van der Waals surface area (Å²) in [5.41, 5.74) is 13.6. The minimum absolute atomic E-state index is 0.307. The third-order valence-corrected chi connectivity index (χ3v) is 5.93. The number of benzene rings is 1. The lowest BCUT2D eigenvalue weighted by Gasteiger charge is -2.30. The molecular weight excluding hydrogens is 386 g/mol. The van der Waals surface area contributed by atoms with Crippen LogP contribution >= 0.6 is 0 Å². The molecule has 1 aliphatic heterocycles. The van der Waals surface area contributed by atoms with Crippen molar-refractivity contribution in [1.82, 2.24) is 10.3 Å². The van der Waals surface area contributed by atoms with Gasteiger partial charge in [-0.25, -0.2) is 0 Å². The van der Waals surface area contributed by atoms with Gasteiger partial charge in [-0.3, -0.25) is 9.78 Å². The van der Waals surface area contributed by atoms with E-state index in [2.05, 4.69) is 69.0 Å². The fraction of sp³-hybridized carbons (Fsp3) is 0.520. The molecule has 1 aromatic heterocycles. The molecule has 0 spiro atoms. The van der Waals surface area contributed by atoms with Crippen LogP contribution in [0.4, 0.5) is 0 Å². The highest BCUT2D eigenvalue weighted by molar-refractivity contribution is 5.99. The maximum atomic E-state index is 12.8. The topological polar surface area (TPSA) is 90.8 Å². The number of amides is 1. The summed E-state index contributed by atoms with van der Waals surface area (Å²) in [6.07, 6.45) is 2.19. The summed E-state index contributed by atoms with van der Waals surface area (Å²) >= 11 is 0. The SMILES string of the molecule is CC(C)(C)c1cc(-c2cccc(C3CCNCC3)n2)cc(C(C)(C)C)c1C(=O)N=[N+]=[N-]. The first kappa shape index (κ1) is 23.0.